The van der Waals surface area contributed by atoms with Crippen LogP contribution in [0.25, 0.3) is 62.6 Å². The molecule has 0 saturated carbocycles. The molecule has 8 aromatic carbocycles. The molecule has 0 bridgehead atoms. The maximum absolute atomic E-state index is 3.62. The average molecular weight is 701 g/mol. The molecule has 2 aromatic heterocycles. The lowest BCUT2D eigenvalue weighted by Gasteiger charge is -2.27. The first kappa shape index (κ1) is 30.6. The third kappa shape index (κ3) is 5.41. The van der Waals surface area contributed by atoms with Gasteiger partial charge in [0.25, 0.3) is 0 Å². The van der Waals surface area contributed by atoms with Gasteiger partial charge >= 0.3 is 0 Å². The van der Waals surface area contributed by atoms with Crippen molar-refractivity contribution in [2.75, 3.05) is 10.2 Å². The van der Waals surface area contributed by atoms with Gasteiger partial charge in [0.05, 0.1) is 10.4 Å². The van der Waals surface area contributed by atoms with E-state index in [1.807, 2.05) is 28.7 Å². The molecule has 2 nitrogen and oxygen atoms in total. The fourth-order valence-corrected chi connectivity index (χ4v) is 9.79. The smallest absolute Gasteiger partial charge is 0.0640 e. The van der Waals surface area contributed by atoms with E-state index < -0.39 is 0 Å². The van der Waals surface area contributed by atoms with Crippen molar-refractivity contribution < 1.29 is 0 Å². The van der Waals surface area contributed by atoms with Crippen LogP contribution >= 0.6 is 22.7 Å². The van der Waals surface area contributed by atoms with E-state index in [4.69, 9.17) is 0 Å². The number of benzene rings is 8. The van der Waals surface area contributed by atoms with Gasteiger partial charge in [-0.3, -0.25) is 0 Å². The summed E-state index contributed by atoms with van der Waals surface area (Å²) in [4.78, 5) is 2.45. The highest BCUT2D eigenvalue weighted by Gasteiger charge is 2.22. The second kappa shape index (κ2) is 12.8. The van der Waals surface area contributed by atoms with Gasteiger partial charge in [0.15, 0.2) is 0 Å². The quantitative estimate of drug-likeness (QED) is 0.178. The van der Waals surface area contributed by atoms with Crippen molar-refractivity contribution in [3.63, 3.8) is 0 Å². The Bertz CT molecular complexity index is 2860. The first-order chi connectivity index (χ1) is 25.8. The predicted molar refractivity (Wildman–Crippen MR) is 227 cm³/mol. The molecule has 0 atom stereocenters. The molecule has 0 aliphatic heterocycles. The highest BCUT2D eigenvalue weighted by Crippen LogP contribution is 2.49. The number of rotatable bonds is 7. The first-order valence-electron chi connectivity index (χ1n) is 17.5. The van der Waals surface area contributed by atoms with Crippen LogP contribution in [0.1, 0.15) is 0 Å². The van der Waals surface area contributed by atoms with E-state index >= 15 is 0 Å². The number of nitrogens with zero attached hydrogens (tertiary/aromatic N) is 1. The van der Waals surface area contributed by atoms with Crippen LogP contribution in [-0.4, -0.2) is 0 Å². The van der Waals surface area contributed by atoms with Gasteiger partial charge in [0.1, 0.15) is 0 Å². The number of thiophene rings is 2. The van der Waals surface area contributed by atoms with Gasteiger partial charge in [-0.15, -0.1) is 22.7 Å². The van der Waals surface area contributed by atoms with E-state index in [9.17, 15) is 0 Å². The Morgan fingerprint density at radius 3 is 1.79 bits per heavy atom. The van der Waals surface area contributed by atoms with Crippen LogP contribution in [0, 0.1) is 0 Å². The van der Waals surface area contributed by atoms with Crippen molar-refractivity contribution in [3.8, 4) is 22.3 Å². The topological polar surface area (TPSA) is 15.3 Å². The lowest BCUT2D eigenvalue weighted by atomic mass is 9.98. The summed E-state index contributed by atoms with van der Waals surface area (Å²) in [7, 11) is 0. The Morgan fingerprint density at radius 1 is 0.385 bits per heavy atom. The highest BCUT2D eigenvalue weighted by molar-refractivity contribution is 7.26. The van der Waals surface area contributed by atoms with Crippen molar-refractivity contribution in [2.45, 2.75) is 0 Å². The van der Waals surface area contributed by atoms with Crippen molar-refractivity contribution in [2.24, 2.45) is 0 Å². The van der Waals surface area contributed by atoms with Gasteiger partial charge in [0.2, 0.25) is 0 Å². The summed E-state index contributed by atoms with van der Waals surface area (Å²) in [6.07, 6.45) is 0. The zero-order valence-corrected chi connectivity index (χ0v) is 29.8. The molecule has 2 heterocycles. The summed E-state index contributed by atoms with van der Waals surface area (Å²) in [6, 6.07) is 68.0. The van der Waals surface area contributed by atoms with Crippen LogP contribution in [0.15, 0.2) is 188 Å². The molecule has 0 fully saturated rings. The Balaban J connectivity index is 1.20. The number of anilines is 5. The van der Waals surface area contributed by atoms with Crippen molar-refractivity contribution in [1.82, 2.24) is 0 Å². The van der Waals surface area contributed by atoms with Crippen LogP contribution in [0.2, 0.25) is 0 Å². The van der Waals surface area contributed by atoms with E-state index in [0.717, 1.165) is 22.7 Å². The fourth-order valence-electron chi connectivity index (χ4n) is 7.38. The van der Waals surface area contributed by atoms with E-state index in [-0.39, 0.29) is 0 Å². The van der Waals surface area contributed by atoms with Gasteiger partial charge in [-0.05, 0) is 82.9 Å². The molecule has 246 valence electrons. The lowest BCUT2D eigenvalue weighted by molar-refractivity contribution is 1.31. The molecular formula is C48H32N2S2. The Morgan fingerprint density at radius 2 is 1.00 bits per heavy atom. The average Bonchev–Trinajstić information content (AvgIpc) is 3.78. The van der Waals surface area contributed by atoms with Crippen LogP contribution < -0.4 is 10.2 Å². The van der Waals surface area contributed by atoms with Crippen LogP contribution in [0.4, 0.5) is 28.4 Å². The minimum Gasteiger partial charge on any atom is -0.355 e. The first-order valence-corrected chi connectivity index (χ1v) is 19.1. The Hall–Kier alpha value is -6.20. The molecule has 52 heavy (non-hydrogen) atoms. The van der Waals surface area contributed by atoms with E-state index in [1.165, 1.54) is 68.3 Å². The van der Waals surface area contributed by atoms with Gasteiger partial charge in [-0.25, -0.2) is 0 Å². The molecule has 0 aliphatic carbocycles. The normalized spacial score (nSPS) is 11.5. The molecule has 4 heteroatoms. The van der Waals surface area contributed by atoms with Crippen molar-refractivity contribution >= 4 is 91.5 Å². The van der Waals surface area contributed by atoms with Crippen LogP contribution in [-0.2, 0) is 0 Å². The number of hydrogen-bond acceptors (Lipinski definition) is 4. The zero-order valence-electron chi connectivity index (χ0n) is 28.2. The molecule has 0 saturated heterocycles. The standard InChI is InChI=1S/C48H32N2S2/c1-4-12-32(13-5-1)33-20-23-37(24-21-33)50(38-25-27-41-40-18-10-11-19-44(40)51-46(41)31-38)43-29-28-39(34-14-6-2-7-15-34)47-42-26-22-36(30-45(42)52-48(43)47)49-35-16-8-3-9-17-35/h1-31,49H. The van der Waals surface area contributed by atoms with Crippen molar-refractivity contribution in [3.05, 3.63) is 188 Å². The molecular weight excluding hydrogens is 669 g/mol. The van der Waals surface area contributed by atoms with Crippen LogP contribution in [0.5, 0.6) is 0 Å². The maximum atomic E-state index is 3.62. The predicted octanol–water partition coefficient (Wildman–Crippen LogP) is 15.0. The zero-order chi connectivity index (χ0) is 34.4. The summed E-state index contributed by atoms with van der Waals surface area (Å²) >= 11 is 3.73. The molecule has 0 spiro atoms. The van der Waals surface area contributed by atoms with E-state index in [0.29, 0.717) is 0 Å². The number of hydrogen-bond donors (Lipinski definition) is 1. The van der Waals surface area contributed by atoms with Gasteiger partial charge in [0, 0.05) is 58.4 Å². The monoisotopic (exact) mass is 700 g/mol. The third-order valence-corrected chi connectivity index (χ3v) is 12.1. The largest absolute Gasteiger partial charge is 0.355 e. The number of para-hydroxylation sites is 1. The van der Waals surface area contributed by atoms with Gasteiger partial charge in [-0.1, -0.05) is 127 Å². The fraction of sp³-hybridized carbons (Fsp3) is 0. The summed E-state index contributed by atoms with van der Waals surface area (Å²) in [5, 5.41) is 8.78. The summed E-state index contributed by atoms with van der Waals surface area (Å²) in [5.74, 6) is 0. The number of fused-ring (bicyclic) bond motifs is 6. The SMILES string of the molecule is c1ccc(Nc2ccc3c(c2)sc2c(N(c4ccc(-c5ccccc5)cc4)c4ccc5c(c4)sc4ccccc45)ccc(-c4ccccc4)c23)cc1. The summed E-state index contributed by atoms with van der Waals surface area (Å²) in [5.41, 5.74) is 10.5. The summed E-state index contributed by atoms with van der Waals surface area (Å²) < 4.78 is 5.11. The molecule has 0 aliphatic rings. The minimum absolute atomic E-state index is 1.08. The molecule has 0 amide bonds. The number of nitrogens with one attached hydrogen (secondary N) is 1. The summed E-state index contributed by atoms with van der Waals surface area (Å²) in [6.45, 7) is 0. The molecule has 10 aromatic rings. The Kier molecular flexibility index (Phi) is 7.56. The van der Waals surface area contributed by atoms with Gasteiger partial charge in [-0.2, -0.15) is 0 Å². The lowest BCUT2D eigenvalue weighted by Crippen LogP contribution is -2.10. The third-order valence-electron chi connectivity index (χ3n) is 9.84. The maximum Gasteiger partial charge on any atom is 0.0640 e. The van der Waals surface area contributed by atoms with Gasteiger partial charge < -0.3 is 10.2 Å². The van der Waals surface area contributed by atoms with E-state index in [2.05, 4.69) is 192 Å². The Labute approximate surface area is 310 Å². The van der Waals surface area contributed by atoms with E-state index in [1.54, 1.807) is 0 Å². The molecule has 0 radical (unpaired) electrons. The minimum atomic E-state index is 1.08. The molecule has 1 N–H and O–H groups in total. The van der Waals surface area contributed by atoms with Crippen molar-refractivity contribution in [1.29, 1.82) is 0 Å². The molecule has 0 unspecified atom stereocenters. The highest BCUT2D eigenvalue weighted by atomic mass is 32.1. The second-order valence-electron chi connectivity index (χ2n) is 13.0. The second-order valence-corrected chi connectivity index (χ2v) is 15.2. The van der Waals surface area contributed by atoms with Crippen LogP contribution in [0.3, 0.4) is 0 Å². The molecule has 10 rings (SSSR count).